The van der Waals surface area contributed by atoms with Crippen molar-refractivity contribution in [3.8, 4) is 0 Å². The number of carbonyl (C=O) groups excluding carboxylic acids is 1. The van der Waals surface area contributed by atoms with Crippen molar-refractivity contribution in [3.05, 3.63) is 76.3 Å². The predicted molar refractivity (Wildman–Crippen MR) is 95.8 cm³/mol. The second-order valence-corrected chi connectivity index (χ2v) is 6.24. The molecular formula is C18H15FN2O2S. The summed E-state index contributed by atoms with van der Waals surface area (Å²) in [6.45, 7) is 0. The summed E-state index contributed by atoms with van der Waals surface area (Å²) >= 11 is 1.42. The lowest BCUT2D eigenvalue weighted by atomic mass is 10.1. The molecule has 4 nitrogen and oxygen atoms in total. The third-order valence-corrected chi connectivity index (χ3v) is 4.44. The molecule has 0 spiro atoms. The van der Waals surface area contributed by atoms with E-state index in [0.29, 0.717) is 11.4 Å². The first kappa shape index (κ1) is 16.3. The molecule has 0 aliphatic carbocycles. The first-order valence-corrected chi connectivity index (χ1v) is 8.51. The van der Waals surface area contributed by atoms with E-state index >= 15 is 0 Å². The van der Waals surface area contributed by atoms with E-state index in [9.17, 15) is 14.0 Å². The van der Waals surface area contributed by atoms with Crippen molar-refractivity contribution in [2.75, 3.05) is 11.1 Å². The maximum Gasteiger partial charge on any atom is 0.248 e. The van der Waals surface area contributed by atoms with Gasteiger partial charge >= 0.3 is 0 Å². The van der Waals surface area contributed by atoms with Crippen LogP contribution in [0, 0.1) is 5.82 Å². The minimum atomic E-state index is -0.344. The number of fused-ring (bicyclic) bond motifs is 1. The fraction of sp³-hybridized carbons (Fsp3) is 0.111. The van der Waals surface area contributed by atoms with E-state index in [1.807, 2.05) is 24.3 Å². The molecule has 1 amide bonds. The summed E-state index contributed by atoms with van der Waals surface area (Å²) in [6, 6.07) is 14.8. The molecule has 0 atom stereocenters. The Hall–Kier alpha value is -2.60. The van der Waals surface area contributed by atoms with Crippen molar-refractivity contribution >= 4 is 34.3 Å². The first-order chi connectivity index (χ1) is 11.6. The van der Waals surface area contributed by atoms with Crippen LogP contribution in [0.4, 0.5) is 10.1 Å². The molecular weight excluding hydrogens is 327 g/mol. The number of nitrogens with one attached hydrogen (secondary N) is 2. The van der Waals surface area contributed by atoms with Gasteiger partial charge in [-0.3, -0.25) is 9.59 Å². The van der Waals surface area contributed by atoms with Gasteiger partial charge < -0.3 is 10.3 Å². The minimum Gasteiger partial charge on any atom is -0.325 e. The van der Waals surface area contributed by atoms with Gasteiger partial charge in [0.1, 0.15) is 5.82 Å². The Labute approximate surface area is 142 Å². The van der Waals surface area contributed by atoms with E-state index < -0.39 is 0 Å². The number of carbonyl (C=O) groups is 1. The first-order valence-electron chi connectivity index (χ1n) is 7.36. The van der Waals surface area contributed by atoms with E-state index in [1.165, 1.54) is 36.0 Å². The Bertz CT molecular complexity index is 922. The molecule has 3 aromatic rings. The monoisotopic (exact) mass is 342 g/mol. The summed E-state index contributed by atoms with van der Waals surface area (Å²) in [5, 5.41) is 3.69. The van der Waals surface area contributed by atoms with Crippen LogP contribution in [-0.4, -0.2) is 16.6 Å². The van der Waals surface area contributed by atoms with Gasteiger partial charge in [0, 0.05) is 28.4 Å². The molecule has 0 aliphatic rings. The van der Waals surface area contributed by atoms with Crippen molar-refractivity contribution < 1.29 is 9.18 Å². The van der Waals surface area contributed by atoms with Gasteiger partial charge in [-0.15, -0.1) is 11.8 Å². The Morgan fingerprint density at radius 1 is 1.12 bits per heavy atom. The van der Waals surface area contributed by atoms with Gasteiger partial charge in [0.2, 0.25) is 11.5 Å². The Morgan fingerprint density at radius 2 is 1.88 bits per heavy atom. The molecule has 0 unspecified atom stereocenters. The normalized spacial score (nSPS) is 10.7. The van der Waals surface area contributed by atoms with E-state index in [4.69, 9.17) is 0 Å². The van der Waals surface area contributed by atoms with E-state index in [0.717, 1.165) is 16.5 Å². The molecule has 2 N–H and O–H groups in total. The molecule has 0 aliphatic heterocycles. The molecule has 2 aromatic carbocycles. The molecule has 1 aromatic heterocycles. The van der Waals surface area contributed by atoms with Crippen molar-refractivity contribution in [1.29, 1.82) is 0 Å². The average Bonchev–Trinajstić information content (AvgIpc) is 2.57. The van der Waals surface area contributed by atoms with Crippen LogP contribution in [0.3, 0.4) is 0 Å². The Morgan fingerprint density at radius 3 is 2.67 bits per heavy atom. The highest BCUT2D eigenvalue weighted by atomic mass is 32.2. The quantitative estimate of drug-likeness (QED) is 0.745. The van der Waals surface area contributed by atoms with Crippen LogP contribution in [0.15, 0.2) is 59.4 Å². The number of anilines is 1. The van der Waals surface area contributed by atoms with E-state index in [1.54, 1.807) is 6.07 Å². The third kappa shape index (κ3) is 4.02. The van der Waals surface area contributed by atoms with Crippen LogP contribution in [-0.2, 0) is 10.5 Å². The van der Waals surface area contributed by atoms with Crippen molar-refractivity contribution in [1.82, 2.24) is 4.98 Å². The number of thioether (sulfide) groups is 1. The van der Waals surface area contributed by atoms with Crippen LogP contribution in [0.1, 0.15) is 5.56 Å². The summed E-state index contributed by atoms with van der Waals surface area (Å²) in [5.74, 6) is 0.295. The highest BCUT2D eigenvalue weighted by molar-refractivity contribution is 7.99. The number of hydrogen-bond acceptors (Lipinski definition) is 3. The molecule has 6 heteroatoms. The van der Waals surface area contributed by atoms with Gasteiger partial charge in [-0.1, -0.05) is 18.2 Å². The summed E-state index contributed by atoms with van der Waals surface area (Å²) in [4.78, 5) is 26.4. The Balaban J connectivity index is 1.61. The molecule has 0 radical (unpaired) electrons. The summed E-state index contributed by atoms with van der Waals surface area (Å²) in [7, 11) is 0. The number of H-pyrrole nitrogens is 1. The lowest BCUT2D eigenvalue weighted by molar-refractivity contribution is -0.113. The molecule has 1 heterocycles. The number of benzene rings is 2. The average molecular weight is 342 g/mol. The fourth-order valence-electron chi connectivity index (χ4n) is 2.38. The third-order valence-electron chi connectivity index (χ3n) is 3.45. The fourth-order valence-corrected chi connectivity index (χ4v) is 3.20. The lowest BCUT2D eigenvalue weighted by Crippen LogP contribution is -2.14. The van der Waals surface area contributed by atoms with Crippen molar-refractivity contribution in [3.63, 3.8) is 0 Å². The van der Waals surface area contributed by atoms with Crippen molar-refractivity contribution in [2.24, 2.45) is 0 Å². The van der Waals surface area contributed by atoms with Crippen LogP contribution in [0.5, 0.6) is 0 Å². The molecule has 0 saturated carbocycles. The molecule has 0 bridgehead atoms. The van der Waals surface area contributed by atoms with Crippen LogP contribution in [0.2, 0.25) is 0 Å². The second kappa shape index (κ2) is 7.31. The molecule has 24 heavy (non-hydrogen) atoms. The SMILES string of the molecule is O=C(CSCc1cc(=O)[nH]c2ccccc12)Nc1ccc(F)cc1. The predicted octanol–water partition coefficient (Wildman–Crippen LogP) is 3.54. The lowest BCUT2D eigenvalue weighted by Gasteiger charge is -2.07. The number of rotatable bonds is 5. The molecule has 0 fully saturated rings. The van der Waals surface area contributed by atoms with Crippen LogP contribution >= 0.6 is 11.8 Å². The summed E-state index contributed by atoms with van der Waals surface area (Å²) in [5.41, 5.74) is 2.09. The topological polar surface area (TPSA) is 62.0 Å². The second-order valence-electron chi connectivity index (χ2n) is 5.25. The zero-order chi connectivity index (χ0) is 16.9. The van der Waals surface area contributed by atoms with Crippen LogP contribution < -0.4 is 10.9 Å². The maximum atomic E-state index is 12.8. The van der Waals surface area contributed by atoms with Gasteiger partial charge in [-0.05, 0) is 35.9 Å². The zero-order valence-electron chi connectivity index (χ0n) is 12.7. The number of aromatic nitrogens is 1. The molecule has 3 rings (SSSR count). The van der Waals surface area contributed by atoms with Gasteiger partial charge in [0.15, 0.2) is 0 Å². The van der Waals surface area contributed by atoms with Gasteiger partial charge in [0.25, 0.3) is 0 Å². The number of hydrogen-bond donors (Lipinski definition) is 2. The van der Waals surface area contributed by atoms with E-state index in [2.05, 4.69) is 10.3 Å². The van der Waals surface area contributed by atoms with Crippen molar-refractivity contribution in [2.45, 2.75) is 5.75 Å². The highest BCUT2D eigenvalue weighted by Gasteiger charge is 2.06. The Kier molecular flexibility index (Phi) is 4.96. The number of aromatic amines is 1. The minimum absolute atomic E-state index is 0.153. The number of amides is 1. The molecule has 0 saturated heterocycles. The standard InChI is InChI=1S/C18H15FN2O2S/c19-13-5-7-14(8-6-13)20-18(23)11-24-10-12-9-17(22)21-16-4-2-1-3-15(12)16/h1-9H,10-11H2,(H,20,23)(H,21,22). The number of halogens is 1. The van der Waals surface area contributed by atoms with Gasteiger partial charge in [-0.2, -0.15) is 0 Å². The zero-order valence-corrected chi connectivity index (χ0v) is 13.5. The van der Waals surface area contributed by atoms with Gasteiger partial charge in [-0.25, -0.2) is 4.39 Å². The summed E-state index contributed by atoms with van der Waals surface area (Å²) < 4.78 is 12.8. The summed E-state index contributed by atoms with van der Waals surface area (Å²) in [6.07, 6.45) is 0. The smallest absolute Gasteiger partial charge is 0.248 e. The van der Waals surface area contributed by atoms with Gasteiger partial charge in [0.05, 0.1) is 5.75 Å². The highest BCUT2D eigenvalue weighted by Crippen LogP contribution is 2.20. The van der Waals surface area contributed by atoms with E-state index in [-0.39, 0.29) is 23.0 Å². The molecule has 122 valence electrons. The largest absolute Gasteiger partial charge is 0.325 e. The maximum absolute atomic E-state index is 12.8. The number of pyridine rings is 1. The number of para-hydroxylation sites is 1. The van der Waals surface area contributed by atoms with Crippen LogP contribution in [0.25, 0.3) is 10.9 Å².